The standard InChI is InChI=1S/C17H24N2O3/c1-3-5-16(20)18-11-13-10-17(21)19(12-13)14-6-8-15(9-7-14)22-4-2/h6-9,13H,3-5,10-12H2,1-2H3,(H,18,20). The van der Waals surface area contributed by atoms with E-state index in [-0.39, 0.29) is 17.7 Å². The maximum absolute atomic E-state index is 12.1. The first-order valence-corrected chi connectivity index (χ1v) is 7.94. The molecule has 5 nitrogen and oxygen atoms in total. The minimum Gasteiger partial charge on any atom is -0.494 e. The van der Waals surface area contributed by atoms with Gasteiger partial charge in [-0.1, -0.05) is 6.92 Å². The molecular weight excluding hydrogens is 280 g/mol. The van der Waals surface area contributed by atoms with E-state index in [0.717, 1.165) is 17.9 Å². The van der Waals surface area contributed by atoms with Crippen molar-refractivity contribution in [2.24, 2.45) is 5.92 Å². The highest BCUT2D eigenvalue weighted by Crippen LogP contribution is 2.26. The molecule has 1 aliphatic rings. The van der Waals surface area contributed by atoms with Gasteiger partial charge < -0.3 is 15.0 Å². The van der Waals surface area contributed by atoms with Crippen LogP contribution in [0.4, 0.5) is 5.69 Å². The maximum atomic E-state index is 12.1. The molecule has 0 spiro atoms. The summed E-state index contributed by atoms with van der Waals surface area (Å²) in [5.74, 6) is 1.16. The second kappa shape index (κ2) is 7.82. The van der Waals surface area contributed by atoms with E-state index in [1.165, 1.54) is 0 Å². The minimum absolute atomic E-state index is 0.0643. The molecule has 0 aromatic heterocycles. The molecule has 1 aromatic carbocycles. The Bertz CT molecular complexity index is 513. The van der Waals surface area contributed by atoms with E-state index in [9.17, 15) is 9.59 Å². The second-order valence-electron chi connectivity index (χ2n) is 5.56. The number of hydrogen-bond donors (Lipinski definition) is 1. The normalized spacial score (nSPS) is 17.6. The van der Waals surface area contributed by atoms with Crippen LogP contribution >= 0.6 is 0 Å². The summed E-state index contributed by atoms with van der Waals surface area (Å²) in [6.07, 6.45) is 1.87. The van der Waals surface area contributed by atoms with Gasteiger partial charge in [0.15, 0.2) is 0 Å². The summed E-state index contributed by atoms with van der Waals surface area (Å²) < 4.78 is 5.41. The van der Waals surface area contributed by atoms with Crippen molar-refractivity contribution in [2.75, 3.05) is 24.6 Å². The fourth-order valence-electron chi connectivity index (χ4n) is 2.63. The fraction of sp³-hybridized carbons (Fsp3) is 0.529. The molecule has 5 heteroatoms. The molecular formula is C17H24N2O3. The van der Waals surface area contributed by atoms with E-state index in [2.05, 4.69) is 5.32 Å². The first kappa shape index (κ1) is 16.3. The van der Waals surface area contributed by atoms with Crippen molar-refractivity contribution < 1.29 is 14.3 Å². The molecule has 1 fully saturated rings. The highest BCUT2D eigenvalue weighted by atomic mass is 16.5. The van der Waals surface area contributed by atoms with Gasteiger partial charge in [-0.25, -0.2) is 0 Å². The van der Waals surface area contributed by atoms with Crippen LogP contribution in [0, 0.1) is 5.92 Å². The van der Waals surface area contributed by atoms with Crippen LogP contribution in [0.2, 0.25) is 0 Å². The largest absolute Gasteiger partial charge is 0.494 e. The van der Waals surface area contributed by atoms with Gasteiger partial charge in [0.25, 0.3) is 0 Å². The Morgan fingerprint density at radius 1 is 1.32 bits per heavy atom. The topological polar surface area (TPSA) is 58.6 Å². The summed E-state index contributed by atoms with van der Waals surface area (Å²) in [5, 5.41) is 2.91. The van der Waals surface area contributed by atoms with E-state index >= 15 is 0 Å². The van der Waals surface area contributed by atoms with E-state index in [0.29, 0.717) is 32.5 Å². The SMILES string of the molecule is CCCC(=O)NCC1CC(=O)N(c2ccc(OCC)cc2)C1. The van der Waals surface area contributed by atoms with Crippen LogP contribution in [0.25, 0.3) is 0 Å². The second-order valence-corrected chi connectivity index (χ2v) is 5.56. The summed E-state index contributed by atoms with van der Waals surface area (Å²) in [6, 6.07) is 7.56. The zero-order valence-corrected chi connectivity index (χ0v) is 13.3. The molecule has 0 aliphatic carbocycles. The molecule has 2 amide bonds. The van der Waals surface area contributed by atoms with Gasteiger partial charge in [-0.3, -0.25) is 9.59 Å². The van der Waals surface area contributed by atoms with Crippen molar-refractivity contribution in [2.45, 2.75) is 33.1 Å². The molecule has 1 atom stereocenters. The molecule has 1 aliphatic heterocycles. The third-order valence-corrected chi connectivity index (χ3v) is 3.73. The van der Waals surface area contributed by atoms with Crippen LogP contribution in [0.1, 0.15) is 33.1 Å². The number of carbonyl (C=O) groups is 2. The average Bonchev–Trinajstić information content (AvgIpc) is 2.88. The molecule has 0 radical (unpaired) electrons. The Hall–Kier alpha value is -2.04. The third-order valence-electron chi connectivity index (χ3n) is 3.73. The Balaban J connectivity index is 1.90. The molecule has 1 saturated heterocycles. The van der Waals surface area contributed by atoms with Crippen LogP contribution in [0.3, 0.4) is 0 Å². The lowest BCUT2D eigenvalue weighted by Crippen LogP contribution is -2.31. The first-order chi connectivity index (χ1) is 10.6. The van der Waals surface area contributed by atoms with Crippen molar-refractivity contribution in [1.29, 1.82) is 0 Å². The Morgan fingerprint density at radius 3 is 2.68 bits per heavy atom. The van der Waals surface area contributed by atoms with E-state index in [4.69, 9.17) is 4.74 Å². The molecule has 0 bridgehead atoms. The van der Waals surface area contributed by atoms with Gasteiger partial charge in [-0.2, -0.15) is 0 Å². The zero-order chi connectivity index (χ0) is 15.9. The summed E-state index contributed by atoms with van der Waals surface area (Å²) in [7, 11) is 0. The number of benzene rings is 1. The first-order valence-electron chi connectivity index (χ1n) is 7.94. The van der Waals surface area contributed by atoms with Crippen molar-refractivity contribution in [3.05, 3.63) is 24.3 Å². The lowest BCUT2D eigenvalue weighted by molar-refractivity contribution is -0.121. The molecule has 1 aromatic rings. The average molecular weight is 304 g/mol. The Morgan fingerprint density at radius 2 is 2.05 bits per heavy atom. The summed E-state index contributed by atoms with van der Waals surface area (Å²) in [6.45, 7) is 5.76. The van der Waals surface area contributed by atoms with E-state index < -0.39 is 0 Å². The molecule has 2 rings (SSSR count). The van der Waals surface area contributed by atoms with Gasteiger partial charge in [0.1, 0.15) is 5.75 Å². The summed E-state index contributed by atoms with van der Waals surface area (Å²) in [4.78, 5) is 25.4. The fourth-order valence-corrected chi connectivity index (χ4v) is 2.63. The lowest BCUT2D eigenvalue weighted by Gasteiger charge is -2.17. The van der Waals surface area contributed by atoms with Crippen molar-refractivity contribution in [1.82, 2.24) is 5.32 Å². The number of rotatable bonds is 7. The number of amides is 2. The Kier molecular flexibility index (Phi) is 5.81. The maximum Gasteiger partial charge on any atom is 0.227 e. The third kappa shape index (κ3) is 4.23. The van der Waals surface area contributed by atoms with Crippen molar-refractivity contribution in [3.63, 3.8) is 0 Å². The highest BCUT2D eigenvalue weighted by Gasteiger charge is 2.30. The van der Waals surface area contributed by atoms with Gasteiger partial charge in [-0.05, 0) is 37.6 Å². The number of anilines is 1. The molecule has 22 heavy (non-hydrogen) atoms. The minimum atomic E-state index is 0.0643. The van der Waals surface area contributed by atoms with E-state index in [1.807, 2.05) is 38.1 Å². The smallest absolute Gasteiger partial charge is 0.227 e. The van der Waals surface area contributed by atoms with Gasteiger partial charge in [0.05, 0.1) is 6.61 Å². The molecule has 1 heterocycles. The number of ether oxygens (including phenoxy) is 1. The van der Waals surface area contributed by atoms with Crippen molar-refractivity contribution >= 4 is 17.5 Å². The van der Waals surface area contributed by atoms with Gasteiger partial charge >= 0.3 is 0 Å². The molecule has 1 N–H and O–H groups in total. The molecule has 120 valence electrons. The Labute approximate surface area is 131 Å². The van der Waals surface area contributed by atoms with Gasteiger partial charge in [0, 0.05) is 37.5 Å². The van der Waals surface area contributed by atoms with Crippen LogP contribution in [-0.4, -0.2) is 31.5 Å². The van der Waals surface area contributed by atoms with Crippen molar-refractivity contribution in [3.8, 4) is 5.75 Å². The molecule has 1 unspecified atom stereocenters. The number of nitrogens with zero attached hydrogens (tertiary/aromatic N) is 1. The highest BCUT2D eigenvalue weighted by molar-refractivity contribution is 5.95. The van der Waals surface area contributed by atoms with Crippen LogP contribution in [-0.2, 0) is 9.59 Å². The summed E-state index contributed by atoms with van der Waals surface area (Å²) >= 11 is 0. The monoisotopic (exact) mass is 304 g/mol. The number of nitrogens with one attached hydrogen (secondary N) is 1. The molecule has 0 saturated carbocycles. The quantitative estimate of drug-likeness (QED) is 0.841. The van der Waals surface area contributed by atoms with Crippen LogP contribution in [0.5, 0.6) is 5.75 Å². The predicted molar refractivity (Wildman–Crippen MR) is 86.0 cm³/mol. The lowest BCUT2D eigenvalue weighted by atomic mass is 10.1. The van der Waals surface area contributed by atoms with Crippen LogP contribution in [0.15, 0.2) is 24.3 Å². The predicted octanol–water partition coefficient (Wildman–Crippen LogP) is 2.35. The zero-order valence-electron chi connectivity index (χ0n) is 13.3. The number of carbonyl (C=O) groups excluding carboxylic acids is 2. The summed E-state index contributed by atoms with van der Waals surface area (Å²) in [5.41, 5.74) is 0.885. The number of hydrogen-bond acceptors (Lipinski definition) is 3. The van der Waals surface area contributed by atoms with E-state index in [1.54, 1.807) is 4.90 Å². The van der Waals surface area contributed by atoms with Gasteiger partial charge in [0.2, 0.25) is 11.8 Å². The van der Waals surface area contributed by atoms with Gasteiger partial charge in [-0.15, -0.1) is 0 Å². The van der Waals surface area contributed by atoms with Crippen LogP contribution < -0.4 is 15.0 Å².